The molecule has 3 atom stereocenters. The summed E-state index contributed by atoms with van der Waals surface area (Å²) in [6.07, 6.45) is 0. The molecule has 0 bridgehead atoms. The standard InChI is InChI=1S/C15H15ClO/c1-10-8-9-13(17-10)14-11(2)15(14,16)12-6-4-3-5-7-12/h3-9,11,14H,1-2H3. The average Bonchev–Trinajstić information content (AvgIpc) is 2.71. The molecule has 0 amide bonds. The van der Waals surface area contributed by atoms with Crippen LogP contribution in [-0.4, -0.2) is 0 Å². The van der Waals surface area contributed by atoms with E-state index in [1.807, 2.05) is 37.3 Å². The summed E-state index contributed by atoms with van der Waals surface area (Å²) in [7, 11) is 0. The second-order valence-electron chi connectivity index (χ2n) is 4.85. The van der Waals surface area contributed by atoms with E-state index in [1.165, 1.54) is 5.56 Å². The van der Waals surface area contributed by atoms with E-state index in [0.717, 1.165) is 11.5 Å². The molecule has 0 spiro atoms. The lowest BCUT2D eigenvalue weighted by Gasteiger charge is -2.08. The molecule has 1 aromatic carbocycles. The van der Waals surface area contributed by atoms with Crippen LogP contribution in [0.4, 0.5) is 0 Å². The normalized spacial score (nSPS) is 31.5. The van der Waals surface area contributed by atoms with Crippen molar-refractivity contribution in [1.29, 1.82) is 0 Å². The van der Waals surface area contributed by atoms with Gasteiger partial charge in [-0.25, -0.2) is 0 Å². The molecule has 2 aromatic rings. The van der Waals surface area contributed by atoms with Crippen LogP contribution in [0.2, 0.25) is 0 Å². The van der Waals surface area contributed by atoms with Crippen LogP contribution in [0.15, 0.2) is 46.9 Å². The zero-order valence-corrected chi connectivity index (χ0v) is 10.7. The number of hydrogen-bond donors (Lipinski definition) is 0. The van der Waals surface area contributed by atoms with Gasteiger partial charge in [-0.15, -0.1) is 11.6 Å². The molecule has 1 heterocycles. The summed E-state index contributed by atoms with van der Waals surface area (Å²) < 4.78 is 5.71. The number of benzene rings is 1. The first-order valence-corrected chi connectivity index (χ1v) is 6.32. The quantitative estimate of drug-likeness (QED) is 0.714. The summed E-state index contributed by atoms with van der Waals surface area (Å²) >= 11 is 6.77. The van der Waals surface area contributed by atoms with Crippen molar-refractivity contribution in [2.45, 2.75) is 24.6 Å². The van der Waals surface area contributed by atoms with E-state index in [2.05, 4.69) is 19.1 Å². The van der Waals surface area contributed by atoms with Crippen LogP contribution in [0.5, 0.6) is 0 Å². The van der Waals surface area contributed by atoms with Gasteiger partial charge in [0.2, 0.25) is 0 Å². The van der Waals surface area contributed by atoms with Gasteiger partial charge in [0.1, 0.15) is 11.5 Å². The molecule has 1 aliphatic rings. The number of rotatable bonds is 2. The Bertz CT molecular complexity index is 531. The van der Waals surface area contributed by atoms with Crippen LogP contribution in [0, 0.1) is 12.8 Å². The maximum atomic E-state index is 6.77. The Morgan fingerprint density at radius 3 is 2.41 bits per heavy atom. The fourth-order valence-corrected chi connectivity index (χ4v) is 3.22. The van der Waals surface area contributed by atoms with Gasteiger partial charge in [-0.05, 0) is 30.5 Å². The zero-order valence-electron chi connectivity index (χ0n) is 9.98. The molecule has 17 heavy (non-hydrogen) atoms. The topological polar surface area (TPSA) is 13.1 Å². The molecule has 1 aliphatic carbocycles. The van der Waals surface area contributed by atoms with E-state index < -0.39 is 0 Å². The Balaban J connectivity index is 1.96. The highest BCUT2D eigenvalue weighted by molar-refractivity contribution is 6.27. The fourth-order valence-electron chi connectivity index (χ4n) is 2.73. The lowest BCUT2D eigenvalue weighted by molar-refractivity contribution is 0.477. The van der Waals surface area contributed by atoms with Gasteiger partial charge >= 0.3 is 0 Å². The summed E-state index contributed by atoms with van der Waals surface area (Å²) in [6, 6.07) is 14.3. The van der Waals surface area contributed by atoms with E-state index in [4.69, 9.17) is 16.0 Å². The minimum atomic E-state index is -0.286. The van der Waals surface area contributed by atoms with Gasteiger partial charge in [-0.3, -0.25) is 0 Å². The van der Waals surface area contributed by atoms with E-state index >= 15 is 0 Å². The van der Waals surface area contributed by atoms with Crippen molar-refractivity contribution in [2.24, 2.45) is 5.92 Å². The molecule has 2 heteroatoms. The Morgan fingerprint density at radius 1 is 1.12 bits per heavy atom. The minimum Gasteiger partial charge on any atom is -0.466 e. The van der Waals surface area contributed by atoms with Gasteiger partial charge in [-0.2, -0.15) is 0 Å². The number of aryl methyl sites for hydroxylation is 1. The minimum absolute atomic E-state index is 0.286. The van der Waals surface area contributed by atoms with E-state index in [1.54, 1.807) is 0 Å². The van der Waals surface area contributed by atoms with E-state index in [9.17, 15) is 0 Å². The molecule has 0 saturated heterocycles. The van der Waals surface area contributed by atoms with Crippen LogP contribution in [0.1, 0.15) is 29.9 Å². The maximum absolute atomic E-state index is 6.77. The van der Waals surface area contributed by atoms with Gasteiger partial charge in [0.15, 0.2) is 0 Å². The zero-order chi connectivity index (χ0) is 12.0. The van der Waals surface area contributed by atoms with Crippen molar-refractivity contribution in [3.05, 3.63) is 59.5 Å². The first-order valence-electron chi connectivity index (χ1n) is 5.95. The van der Waals surface area contributed by atoms with Crippen LogP contribution >= 0.6 is 11.6 Å². The number of halogens is 1. The smallest absolute Gasteiger partial charge is 0.109 e. The summed E-state index contributed by atoms with van der Waals surface area (Å²) in [5.74, 6) is 2.66. The highest BCUT2D eigenvalue weighted by Crippen LogP contribution is 2.68. The average molecular weight is 247 g/mol. The van der Waals surface area contributed by atoms with Crippen molar-refractivity contribution < 1.29 is 4.42 Å². The summed E-state index contributed by atoms with van der Waals surface area (Å²) in [4.78, 5) is -0.286. The summed E-state index contributed by atoms with van der Waals surface area (Å²) in [6.45, 7) is 4.15. The molecule has 3 rings (SSSR count). The summed E-state index contributed by atoms with van der Waals surface area (Å²) in [5.41, 5.74) is 1.19. The van der Waals surface area contributed by atoms with Gasteiger partial charge in [0.05, 0.1) is 4.87 Å². The molecule has 1 aromatic heterocycles. The number of alkyl halides is 1. The third-order valence-electron chi connectivity index (χ3n) is 3.79. The molecule has 0 radical (unpaired) electrons. The molecule has 1 saturated carbocycles. The second kappa shape index (κ2) is 3.64. The maximum Gasteiger partial charge on any atom is 0.109 e. The molecule has 0 aliphatic heterocycles. The molecular weight excluding hydrogens is 232 g/mol. The van der Waals surface area contributed by atoms with E-state index in [0.29, 0.717) is 11.8 Å². The number of hydrogen-bond acceptors (Lipinski definition) is 1. The number of furan rings is 1. The second-order valence-corrected chi connectivity index (χ2v) is 5.47. The van der Waals surface area contributed by atoms with E-state index in [-0.39, 0.29) is 4.87 Å². The van der Waals surface area contributed by atoms with Gasteiger partial charge in [-0.1, -0.05) is 37.3 Å². The predicted molar refractivity (Wildman–Crippen MR) is 69.3 cm³/mol. The SMILES string of the molecule is Cc1ccc(C2C(C)C2(Cl)c2ccccc2)o1. The Morgan fingerprint density at radius 2 is 1.82 bits per heavy atom. The van der Waals surface area contributed by atoms with Gasteiger partial charge in [0.25, 0.3) is 0 Å². The molecular formula is C15H15ClO. The lowest BCUT2D eigenvalue weighted by Crippen LogP contribution is -2.00. The van der Waals surface area contributed by atoms with Crippen molar-refractivity contribution in [2.75, 3.05) is 0 Å². The first-order chi connectivity index (χ1) is 8.14. The first kappa shape index (κ1) is 10.9. The largest absolute Gasteiger partial charge is 0.466 e. The highest BCUT2D eigenvalue weighted by atomic mass is 35.5. The fraction of sp³-hybridized carbons (Fsp3) is 0.333. The van der Waals surface area contributed by atoms with Gasteiger partial charge in [0, 0.05) is 5.92 Å². The van der Waals surface area contributed by atoms with Crippen molar-refractivity contribution in [3.63, 3.8) is 0 Å². The summed E-state index contributed by atoms with van der Waals surface area (Å²) in [5, 5.41) is 0. The Labute approximate surface area is 106 Å². The van der Waals surface area contributed by atoms with Gasteiger partial charge < -0.3 is 4.42 Å². The van der Waals surface area contributed by atoms with Crippen molar-refractivity contribution in [1.82, 2.24) is 0 Å². The Kier molecular flexibility index (Phi) is 2.34. The van der Waals surface area contributed by atoms with Crippen molar-refractivity contribution >= 4 is 11.6 Å². The molecule has 3 unspecified atom stereocenters. The lowest BCUT2D eigenvalue weighted by atomic mass is 10.1. The molecule has 0 N–H and O–H groups in total. The third kappa shape index (κ3) is 1.53. The molecule has 88 valence electrons. The highest BCUT2D eigenvalue weighted by Gasteiger charge is 2.64. The van der Waals surface area contributed by atoms with Crippen LogP contribution in [0.25, 0.3) is 0 Å². The Hall–Kier alpha value is -1.21. The monoisotopic (exact) mass is 246 g/mol. The van der Waals surface area contributed by atoms with Crippen LogP contribution in [-0.2, 0) is 4.87 Å². The van der Waals surface area contributed by atoms with Crippen molar-refractivity contribution in [3.8, 4) is 0 Å². The van der Waals surface area contributed by atoms with Crippen LogP contribution < -0.4 is 0 Å². The van der Waals surface area contributed by atoms with Crippen LogP contribution in [0.3, 0.4) is 0 Å². The molecule has 1 nitrogen and oxygen atoms in total. The third-order valence-corrected chi connectivity index (χ3v) is 4.59. The predicted octanol–water partition coefficient (Wildman–Crippen LogP) is 4.46. The molecule has 1 fully saturated rings.